The molecule has 0 spiro atoms. The third kappa shape index (κ3) is 4.12. The average Bonchev–Trinajstić information content (AvgIpc) is 2.63. The van der Waals surface area contributed by atoms with Gasteiger partial charge in [-0.15, -0.1) is 0 Å². The third-order valence-corrected chi connectivity index (χ3v) is 2.68. The van der Waals surface area contributed by atoms with Crippen LogP contribution in [0.15, 0.2) is 6.07 Å². The van der Waals surface area contributed by atoms with Gasteiger partial charge in [0.15, 0.2) is 0 Å². The number of aromatic nitrogens is 2. The number of aryl methyl sites for hydroxylation is 2. The minimum absolute atomic E-state index is 0.0490. The van der Waals surface area contributed by atoms with E-state index in [1.165, 1.54) is 0 Å². The number of carbonyl (C=O) groups is 1. The number of aliphatic hydroxyl groups is 1. The molecule has 0 bridgehead atoms. The molecule has 1 aromatic heterocycles. The fourth-order valence-corrected chi connectivity index (χ4v) is 1.75. The van der Waals surface area contributed by atoms with Crippen molar-refractivity contribution < 1.29 is 14.6 Å². The number of amides is 1. The van der Waals surface area contributed by atoms with Gasteiger partial charge in [0.05, 0.1) is 18.9 Å². The van der Waals surface area contributed by atoms with Crippen molar-refractivity contribution in [3.8, 4) is 0 Å². The Morgan fingerprint density at radius 2 is 2.22 bits per heavy atom. The molecular formula is C12H21N3O3. The molecule has 1 heterocycles. The molecule has 18 heavy (non-hydrogen) atoms. The highest BCUT2D eigenvalue weighted by atomic mass is 16.5. The lowest BCUT2D eigenvalue weighted by molar-refractivity contribution is -0.133. The monoisotopic (exact) mass is 255 g/mol. The average molecular weight is 255 g/mol. The predicted octanol–water partition coefficient (Wildman–Crippen LogP) is -0.0328. The fourth-order valence-electron chi connectivity index (χ4n) is 1.75. The van der Waals surface area contributed by atoms with Crippen LogP contribution in [0, 0.1) is 13.8 Å². The van der Waals surface area contributed by atoms with Crippen molar-refractivity contribution >= 4 is 5.91 Å². The van der Waals surface area contributed by atoms with Gasteiger partial charge in [0.1, 0.15) is 6.54 Å². The van der Waals surface area contributed by atoms with Crippen LogP contribution >= 0.6 is 0 Å². The third-order valence-electron chi connectivity index (χ3n) is 2.68. The van der Waals surface area contributed by atoms with Gasteiger partial charge >= 0.3 is 0 Å². The lowest BCUT2D eigenvalue weighted by Gasteiger charge is -2.21. The Balaban J connectivity index is 2.62. The maximum Gasteiger partial charge on any atom is 0.244 e. The van der Waals surface area contributed by atoms with Crippen LogP contribution in [0.25, 0.3) is 0 Å². The molecule has 0 unspecified atom stereocenters. The van der Waals surface area contributed by atoms with Gasteiger partial charge in [-0.25, -0.2) is 0 Å². The molecule has 102 valence electrons. The predicted molar refractivity (Wildman–Crippen MR) is 67.2 cm³/mol. The highest BCUT2D eigenvalue weighted by Gasteiger charge is 2.14. The molecule has 1 amide bonds. The second-order valence-electron chi connectivity index (χ2n) is 4.18. The van der Waals surface area contributed by atoms with E-state index in [9.17, 15) is 4.79 Å². The molecule has 1 rings (SSSR count). The Labute approximate surface area is 107 Å². The van der Waals surface area contributed by atoms with Gasteiger partial charge in [-0.05, 0) is 19.9 Å². The van der Waals surface area contributed by atoms with E-state index >= 15 is 0 Å². The maximum atomic E-state index is 12.1. The Kier molecular flexibility index (Phi) is 5.80. The number of hydrogen-bond donors (Lipinski definition) is 1. The Morgan fingerprint density at radius 1 is 1.50 bits per heavy atom. The molecule has 0 saturated heterocycles. The Bertz CT molecular complexity index is 390. The van der Waals surface area contributed by atoms with Crippen LogP contribution in [-0.4, -0.2) is 59.1 Å². The van der Waals surface area contributed by atoms with E-state index in [2.05, 4.69) is 5.10 Å². The molecule has 0 aliphatic carbocycles. The summed E-state index contributed by atoms with van der Waals surface area (Å²) in [5, 5.41) is 13.2. The molecule has 6 nitrogen and oxygen atoms in total. The lowest BCUT2D eigenvalue weighted by atomic mass is 10.4. The van der Waals surface area contributed by atoms with Crippen molar-refractivity contribution in [2.45, 2.75) is 20.4 Å². The first-order valence-electron chi connectivity index (χ1n) is 5.97. The largest absolute Gasteiger partial charge is 0.395 e. The second-order valence-corrected chi connectivity index (χ2v) is 4.18. The molecule has 0 saturated carbocycles. The number of ether oxygens (including phenoxy) is 1. The zero-order chi connectivity index (χ0) is 13.5. The molecule has 0 aliphatic rings. The van der Waals surface area contributed by atoms with Crippen molar-refractivity contribution in [3.05, 3.63) is 17.5 Å². The summed E-state index contributed by atoms with van der Waals surface area (Å²) in [5.41, 5.74) is 1.85. The molecule has 0 radical (unpaired) electrons. The van der Waals surface area contributed by atoms with E-state index < -0.39 is 0 Å². The van der Waals surface area contributed by atoms with Crippen molar-refractivity contribution in [2.75, 3.05) is 33.4 Å². The standard InChI is InChI=1S/C12H21N3O3/c1-10-8-11(2)15(13-10)9-12(17)14(4-6-16)5-7-18-3/h8,16H,4-7,9H2,1-3H3. The number of methoxy groups -OCH3 is 1. The van der Waals surface area contributed by atoms with Crippen LogP contribution in [0.1, 0.15) is 11.4 Å². The zero-order valence-corrected chi connectivity index (χ0v) is 11.2. The van der Waals surface area contributed by atoms with Crippen LogP contribution in [0.5, 0.6) is 0 Å². The van der Waals surface area contributed by atoms with Crippen LogP contribution < -0.4 is 0 Å². The minimum atomic E-state index is -0.0627. The van der Waals surface area contributed by atoms with Crippen molar-refractivity contribution in [1.29, 1.82) is 0 Å². The van der Waals surface area contributed by atoms with E-state index in [1.54, 1.807) is 16.7 Å². The molecular weight excluding hydrogens is 234 g/mol. The van der Waals surface area contributed by atoms with Gasteiger partial charge in [-0.2, -0.15) is 5.10 Å². The van der Waals surface area contributed by atoms with Gasteiger partial charge < -0.3 is 14.7 Å². The van der Waals surface area contributed by atoms with E-state index in [4.69, 9.17) is 9.84 Å². The highest BCUT2D eigenvalue weighted by Crippen LogP contribution is 2.03. The second kappa shape index (κ2) is 7.13. The highest BCUT2D eigenvalue weighted by molar-refractivity contribution is 5.76. The minimum Gasteiger partial charge on any atom is -0.395 e. The van der Waals surface area contributed by atoms with Crippen LogP contribution in [-0.2, 0) is 16.1 Å². The van der Waals surface area contributed by atoms with Gasteiger partial charge in [-0.1, -0.05) is 0 Å². The maximum absolute atomic E-state index is 12.1. The summed E-state index contributed by atoms with van der Waals surface area (Å²) in [6.07, 6.45) is 0. The summed E-state index contributed by atoms with van der Waals surface area (Å²) in [7, 11) is 1.59. The molecule has 0 aromatic carbocycles. The Morgan fingerprint density at radius 3 is 2.72 bits per heavy atom. The lowest BCUT2D eigenvalue weighted by Crippen LogP contribution is -2.38. The number of nitrogens with zero attached hydrogens (tertiary/aromatic N) is 3. The number of hydrogen-bond acceptors (Lipinski definition) is 4. The van der Waals surface area contributed by atoms with Crippen molar-refractivity contribution in [2.24, 2.45) is 0 Å². The smallest absolute Gasteiger partial charge is 0.244 e. The summed E-state index contributed by atoms with van der Waals surface area (Å²) in [4.78, 5) is 13.7. The quantitative estimate of drug-likeness (QED) is 0.743. The first-order chi connectivity index (χ1) is 8.58. The molecule has 0 aliphatic heterocycles. The topological polar surface area (TPSA) is 67.6 Å². The van der Waals surface area contributed by atoms with Gasteiger partial charge in [-0.3, -0.25) is 9.48 Å². The van der Waals surface area contributed by atoms with Gasteiger partial charge in [0.2, 0.25) is 5.91 Å². The molecule has 1 aromatic rings. The van der Waals surface area contributed by atoms with Gasteiger partial charge in [0, 0.05) is 25.9 Å². The van der Waals surface area contributed by atoms with E-state index in [1.807, 2.05) is 19.9 Å². The van der Waals surface area contributed by atoms with E-state index in [0.717, 1.165) is 11.4 Å². The summed E-state index contributed by atoms with van der Waals surface area (Å²) in [6.45, 7) is 5.22. The summed E-state index contributed by atoms with van der Waals surface area (Å²) >= 11 is 0. The zero-order valence-electron chi connectivity index (χ0n) is 11.2. The van der Waals surface area contributed by atoms with Crippen LogP contribution in [0.4, 0.5) is 0 Å². The molecule has 0 atom stereocenters. The molecule has 6 heteroatoms. The summed E-state index contributed by atoms with van der Waals surface area (Å²) < 4.78 is 6.62. The van der Waals surface area contributed by atoms with Crippen molar-refractivity contribution in [1.82, 2.24) is 14.7 Å². The summed E-state index contributed by atoms with van der Waals surface area (Å²) in [6, 6.07) is 1.93. The first kappa shape index (κ1) is 14.7. The van der Waals surface area contributed by atoms with Gasteiger partial charge in [0.25, 0.3) is 0 Å². The summed E-state index contributed by atoms with van der Waals surface area (Å²) in [5.74, 6) is -0.0627. The van der Waals surface area contributed by atoms with Crippen LogP contribution in [0.3, 0.4) is 0 Å². The van der Waals surface area contributed by atoms with Crippen LogP contribution in [0.2, 0.25) is 0 Å². The Hall–Kier alpha value is -1.40. The molecule has 0 fully saturated rings. The number of rotatable bonds is 7. The number of carbonyl (C=O) groups excluding carboxylic acids is 1. The normalized spacial score (nSPS) is 10.7. The molecule has 1 N–H and O–H groups in total. The SMILES string of the molecule is COCCN(CCO)C(=O)Cn1nc(C)cc1C. The fraction of sp³-hybridized carbons (Fsp3) is 0.667. The number of aliphatic hydroxyl groups excluding tert-OH is 1. The van der Waals surface area contributed by atoms with E-state index in [0.29, 0.717) is 19.7 Å². The van der Waals surface area contributed by atoms with Crippen molar-refractivity contribution in [3.63, 3.8) is 0 Å². The first-order valence-corrected chi connectivity index (χ1v) is 5.97. The van der Waals surface area contributed by atoms with E-state index in [-0.39, 0.29) is 19.1 Å².